The standard InChI is InChI=1S/C11H7N5/c1-13-6-9-2-3-11(10(4-9)5-12)16-8-14-7-15-16/h2-4,7-8H,6H2. The molecule has 2 rings (SSSR count). The largest absolute Gasteiger partial charge is 0.312 e. The Bertz CT molecular complexity index is 571. The molecule has 1 aromatic heterocycles. The van der Waals surface area contributed by atoms with Crippen molar-refractivity contribution in [1.29, 1.82) is 5.26 Å². The molecular weight excluding hydrogens is 202 g/mol. The van der Waals surface area contributed by atoms with Crippen molar-refractivity contribution in [2.45, 2.75) is 6.54 Å². The van der Waals surface area contributed by atoms with E-state index in [1.807, 2.05) is 6.07 Å². The van der Waals surface area contributed by atoms with Gasteiger partial charge >= 0.3 is 0 Å². The van der Waals surface area contributed by atoms with Crippen LogP contribution in [0.2, 0.25) is 0 Å². The van der Waals surface area contributed by atoms with E-state index in [0.717, 1.165) is 5.56 Å². The summed E-state index contributed by atoms with van der Waals surface area (Å²) in [5.74, 6) is 0. The van der Waals surface area contributed by atoms with Crippen LogP contribution < -0.4 is 0 Å². The van der Waals surface area contributed by atoms with Crippen LogP contribution in [0.1, 0.15) is 11.1 Å². The number of benzene rings is 1. The van der Waals surface area contributed by atoms with Gasteiger partial charge in [0.15, 0.2) is 0 Å². The fraction of sp³-hybridized carbons (Fsp3) is 0.0909. The predicted octanol–water partition coefficient (Wildman–Crippen LogP) is 1.56. The van der Waals surface area contributed by atoms with Crippen molar-refractivity contribution in [2.24, 2.45) is 0 Å². The zero-order valence-electron chi connectivity index (χ0n) is 8.33. The topological polar surface area (TPSA) is 58.9 Å². The fourth-order valence-corrected chi connectivity index (χ4v) is 1.39. The summed E-state index contributed by atoms with van der Waals surface area (Å²) < 4.78 is 1.53. The first-order valence-corrected chi connectivity index (χ1v) is 4.56. The molecule has 0 saturated carbocycles. The lowest BCUT2D eigenvalue weighted by Gasteiger charge is -2.03. The smallest absolute Gasteiger partial charge is 0.239 e. The van der Waals surface area contributed by atoms with Crippen LogP contribution in [0.5, 0.6) is 0 Å². The summed E-state index contributed by atoms with van der Waals surface area (Å²) in [6.45, 7) is 7.06. The maximum atomic E-state index is 9.02. The van der Waals surface area contributed by atoms with Gasteiger partial charge in [-0.1, -0.05) is 0 Å². The van der Waals surface area contributed by atoms with Gasteiger partial charge in [0.2, 0.25) is 6.54 Å². The molecule has 0 radical (unpaired) electrons. The lowest BCUT2D eigenvalue weighted by molar-refractivity contribution is 0.874. The van der Waals surface area contributed by atoms with Crippen LogP contribution in [-0.2, 0) is 6.54 Å². The minimum absolute atomic E-state index is 0.284. The highest BCUT2D eigenvalue weighted by Crippen LogP contribution is 2.15. The highest BCUT2D eigenvalue weighted by atomic mass is 15.3. The van der Waals surface area contributed by atoms with Gasteiger partial charge in [-0.3, -0.25) is 0 Å². The Hall–Kier alpha value is -2.66. The molecule has 0 aliphatic carbocycles. The fourth-order valence-electron chi connectivity index (χ4n) is 1.39. The minimum Gasteiger partial charge on any atom is -0.312 e. The van der Waals surface area contributed by atoms with E-state index in [0.29, 0.717) is 11.3 Å². The summed E-state index contributed by atoms with van der Waals surface area (Å²) in [5.41, 5.74) is 2.00. The Balaban J connectivity index is 2.49. The molecular formula is C11H7N5. The Morgan fingerprint density at radius 1 is 1.50 bits per heavy atom. The third-order valence-corrected chi connectivity index (χ3v) is 2.11. The molecule has 5 heteroatoms. The zero-order chi connectivity index (χ0) is 11.4. The maximum Gasteiger partial charge on any atom is 0.239 e. The van der Waals surface area contributed by atoms with E-state index in [-0.39, 0.29) is 6.54 Å². The maximum absolute atomic E-state index is 9.02. The van der Waals surface area contributed by atoms with Crippen molar-refractivity contribution < 1.29 is 0 Å². The van der Waals surface area contributed by atoms with Crippen LogP contribution in [0.25, 0.3) is 10.5 Å². The van der Waals surface area contributed by atoms with Gasteiger partial charge in [0.1, 0.15) is 18.7 Å². The first-order valence-electron chi connectivity index (χ1n) is 4.56. The van der Waals surface area contributed by atoms with Crippen molar-refractivity contribution in [3.8, 4) is 11.8 Å². The molecule has 16 heavy (non-hydrogen) atoms. The predicted molar refractivity (Wildman–Crippen MR) is 56.4 cm³/mol. The van der Waals surface area contributed by atoms with Gasteiger partial charge in [0.05, 0.1) is 11.3 Å². The molecule has 0 aliphatic heterocycles. The van der Waals surface area contributed by atoms with Crippen LogP contribution in [0.15, 0.2) is 30.9 Å². The molecule has 0 spiro atoms. The molecule has 5 nitrogen and oxygen atoms in total. The summed E-state index contributed by atoms with van der Waals surface area (Å²) in [5, 5.41) is 13.0. The molecule has 0 bridgehead atoms. The van der Waals surface area contributed by atoms with Gasteiger partial charge in [-0.05, 0) is 18.2 Å². The number of nitrogens with zero attached hydrogens (tertiary/aromatic N) is 5. The first-order chi connectivity index (χ1) is 7.85. The molecule has 0 atom stereocenters. The summed E-state index contributed by atoms with van der Waals surface area (Å²) in [6, 6.07) is 7.38. The van der Waals surface area contributed by atoms with Crippen molar-refractivity contribution in [2.75, 3.05) is 0 Å². The van der Waals surface area contributed by atoms with Crippen molar-refractivity contribution in [3.05, 3.63) is 53.4 Å². The van der Waals surface area contributed by atoms with Crippen LogP contribution in [-0.4, -0.2) is 14.8 Å². The Kier molecular flexibility index (Phi) is 2.62. The van der Waals surface area contributed by atoms with Crippen molar-refractivity contribution >= 4 is 0 Å². The van der Waals surface area contributed by atoms with Crippen LogP contribution in [0.4, 0.5) is 0 Å². The molecule has 2 aromatic rings. The second-order valence-electron chi connectivity index (χ2n) is 3.12. The lowest BCUT2D eigenvalue weighted by atomic mass is 10.1. The molecule has 76 valence electrons. The monoisotopic (exact) mass is 209 g/mol. The number of hydrogen-bond donors (Lipinski definition) is 0. The number of aromatic nitrogens is 3. The summed E-state index contributed by atoms with van der Waals surface area (Å²) >= 11 is 0. The van der Waals surface area contributed by atoms with Crippen LogP contribution >= 0.6 is 0 Å². The summed E-state index contributed by atoms with van der Waals surface area (Å²) in [7, 11) is 0. The van der Waals surface area contributed by atoms with E-state index in [4.69, 9.17) is 11.8 Å². The highest BCUT2D eigenvalue weighted by molar-refractivity contribution is 5.50. The summed E-state index contributed by atoms with van der Waals surface area (Å²) in [6.07, 6.45) is 2.94. The molecule has 1 aromatic carbocycles. The second-order valence-corrected chi connectivity index (χ2v) is 3.12. The van der Waals surface area contributed by atoms with E-state index in [1.165, 1.54) is 17.3 Å². The third-order valence-electron chi connectivity index (χ3n) is 2.11. The highest BCUT2D eigenvalue weighted by Gasteiger charge is 2.07. The molecule has 0 N–H and O–H groups in total. The quantitative estimate of drug-likeness (QED) is 0.705. The van der Waals surface area contributed by atoms with Crippen LogP contribution in [0, 0.1) is 17.9 Å². The van der Waals surface area contributed by atoms with Gasteiger partial charge in [-0.25, -0.2) is 16.2 Å². The molecule has 0 aliphatic rings. The van der Waals surface area contributed by atoms with E-state index in [9.17, 15) is 0 Å². The normalized spacial score (nSPS) is 9.38. The van der Waals surface area contributed by atoms with Gasteiger partial charge in [0, 0.05) is 5.56 Å². The van der Waals surface area contributed by atoms with Gasteiger partial charge in [-0.15, -0.1) is 0 Å². The Morgan fingerprint density at radius 3 is 3.00 bits per heavy atom. The molecule has 0 amide bonds. The molecule has 0 fully saturated rings. The third kappa shape index (κ3) is 1.75. The Labute approximate surface area is 92.4 Å². The number of nitriles is 1. The average molecular weight is 209 g/mol. The summed E-state index contributed by atoms with van der Waals surface area (Å²) in [4.78, 5) is 7.11. The van der Waals surface area contributed by atoms with Crippen molar-refractivity contribution in [1.82, 2.24) is 14.8 Å². The minimum atomic E-state index is 0.284. The van der Waals surface area contributed by atoms with Gasteiger partial charge in [-0.2, -0.15) is 10.4 Å². The SMILES string of the molecule is [C-]#[N+]Cc1ccc(-n2cncn2)c(C#N)c1. The van der Waals surface area contributed by atoms with Gasteiger partial charge in [0.25, 0.3) is 0 Å². The average Bonchev–Trinajstić information content (AvgIpc) is 2.83. The van der Waals surface area contributed by atoms with Crippen LogP contribution in [0.3, 0.4) is 0 Å². The van der Waals surface area contributed by atoms with E-state index in [1.54, 1.807) is 12.1 Å². The van der Waals surface area contributed by atoms with Gasteiger partial charge < -0.3 is 4.85 Å². The molecule has 1 heterocycles. The number of hydrogen-bond acceptors (Lipinski definition) is 3. The second kappa shape index (κ2) is 4.24. The Morgan fingerprint density at radius 2 is 2.38 bits per heavy atom. The molecule has 0 saturated heterocycles. The zero-order valence-corrected chi connectivity index (χ0v) is 8.33. The van der Waals surface area contributed by atoms with E-state index >= 15 is 0 Å². The van der Waals surface area contributed by atoms with E-state index < -0.39 is 0 Å². The van der Waals surface area contributed by atoms with E-state index in [2.05, 4.69) is 21.0 Å². The number of rotatable bonds is 2. The first kappa shape index (κ1) is 9.88. The van der Waals surface area contributed by atoms with Crippen molar-refractivity contribution in [3.63, 3.8) is 0 Å². The molecule has 0 unspecified atom stereocenters. The lowest BCUT2D eigenvalue weighted by Crippen LogP contribution is -1.98.